The van der Waals surface area contributed by atoms with Crippen molar-refractivity contribution in [2.24, 2.45) is 0 Å². The summed E-state index contributed by atoms with van der Waals surface area (Å²) in [5.41, 5.74) is 3.08. The predicted molar refractivity (Wildman–Crippen MR) is 113 cm³/mol. The third-order valence-electron chi connectivity index (χ3n) is 4.73. The van der Waals surface area contributed by atoms with Crippen molar-refractivity contribution in [2.45, 2.75) is 18.6 Å². The van der Waals surface area contributed by atoms with Crippen LogP contribution >= 0.6 is 11.8 Å². The Kier molecular flexibility index (Phi) is 5.31. The fraction of sp³-hybridized carbons (Fsp3) is 0.182. The lowest BCUT2D eigenvalue weighted by molar-refractivity contribution is 0.0664. The molecule has 0 saturated heterocycles. The van der Waals surface area contributed by atoms with E-state index >= 15 is 0 Å². The number of hydrogen-bond acceptors (Lipinski definition) is 5. The van der Waals surface area contributed by atoms with Crippen molar-refractivity contribution in [1.82, 2.24) is 19.7 Å². The lowest BCUT2D eigenvalue weighted by Gasteiger charge is -2.13. The molecule has 2 aromatic carbocycles. The minimum Gasteiger partial charge on any atom is -0.298 e. The Hall–Kier alpha value is -3.19. The van der Waals surface area contributed by atoms with E-state index in [1.807, 2.05) is 29.7 Å². The van der Waals surface area contributed by atoms with Crippen LogP contribution in [0.2, 0.25) is 0 Å². The van der Waals surface area contributed by atoms with Crippen molar-refractivity contribution >= 4 is 23.6 Å². The highest BCUT2D eigenvalue weighted by Crippen LogP contribution is 2.26. The first kappa shape index (κ1) is 19.1. The quantitative estimate of drug-likeness (QED) is 0.340. The fourth-order valence-corrected chi connectivity index (χ4v) is 4.23. The van der Waals surface area contributed by atoms with Crippen LogP contribution in [0.1, 0.15) is 26.3 Å². The zero-order valence-electron chi connectivity index (χ0n) is 16.0. The number of carbonyl (C=O) groups is 2. The predicted octanol–water partition coefficient (Wildman–Crippen LogP) is 3.83. The molecule has 146 valence electrons. The summed E-state index contributed by atoms with van der Waals surface area (Å²) in [5, 5.41) is 9.41. The molecule has 0 aliphatic carbocycles. The molecule has 1 aromatic heterocycles. The summed E-state index contributed by atoms with van der Waals surface area (Å²) in [4.78, 5) is 26.3. The van der Waals surface area contributed by atoms with Crippen molar-refractivity contribution in [3.05, 3.63) is 77.9 Å². The number of hydrogen-bond donors (Lipinski definition) is 0. The van der Waals surface area contributed by atoms with Gasteiger partial charge in [-0.3, -0.25) is 19.1 Å². The van der Waals surface area contributed by atoms with Gasteiger partial charge in [-0.05, 0) is 25.1 Å². The highest BCUT2D eigenvalue weighted by molar-refractivity contribution is 7.99. The summed E-state index contributed by atoms with van der Waals surface area (Å²) in [6, 6.07) is 15.0. The molecule has 0 unspecified atom stereocenters. The highest BCUT2D eigenvalue weighted by atomic mass is 32.2. The molecular weight excluding hydrogens is 384 g/mol. The molecule has 3 aromatic rings. The largest absolute Gasteiger partial charge is 0.298 e. The number of aryl methyl sites for hydroxylation is 1. The van der Waals surface area contributed by atoms with E-state index in [0.29, 0.717) is 30.0 Å². The van der Waals surface area contributed by atoms with E-state index in [9.17, 15) is 9.59 Å². The first-order chi connectivity index (χ1) is 14.1. The maximum atomic E-state index is 12.5. The number of rotatable bonds is 7. The summed E-state index contributed by atoms with van der Waals surface area (Å²) in [5.74, 6) is 0.837. The first-order valence-electron chi connectivity index (χ1n) is 9.29. The van der Waals surface area contributed by atoms with E-state index < -0.39 is 0 Å². The Morgan fingerprint density at radius 3 is 2.41 bits per heavy atom. The molecular formula is C22H20N4O2S. The van der Waals surface area contributed by atoms with Gasteiger partial charge in [0.05, 0.1) is 11.1 Å². The molecule has 6 nitrogen and oxygen atoms in total. The molecule has 2 heterocycles. The lowest BCUT2D eigenvalue weighted by Crippen LogP contribution is -2.31. The SMILES string of the molecule is C=CCn1c(SCCN2C(=O)c3ccccc3C2=O)nnc1-c1cccc(C)c1. The van der Waals surface area contributed by atoms with Crippen molar-refractivity contribution < 1.29 is 9.59 Å². The van der Waals surface area contributed by atoms with Gasteiger partial charge < -0.3 is 0 Å². The number of aromatic nitrogens is 3. The van der Waals surface area contributed by atoms with Gasteiger partial charge in [-0.15, -0.1) is 16.8 Å². The van der Waals surface area contributed by atoms with Gasteiger partial charge in [-0.25, -0.2) is 0 Å². The smallest absolute Gasteiger partial charge is 0.261 e. The van der Waals surface area contributed by atoms with Crippen LogP contribution in [0.25, 0.3) is 11.4 Å². The van der Waals surface area contributed by atoms with Crippen molar-refractivity contribution in [2.75, 3.05) is 12.3 Å². The second kappa shape index (κ2) is 8.05. The minimum absolute atomic E-state index is 0.237. The average molecular weight is 404 g/mol. The van der Waals surface area contributed by atoms with Crippen molar-refractivity contribution in [1.29, 1.82) is 0 Å². The lowest BCUT2D eigenvalue weighted by atomic mass is 10.1. The minimum atomic E-state index is -0.237. The highest BCUT2D eigenvalue weighted by Gasteiger charge is 2.34. The third kappa shape index (κ3) is 3.61. The van der Waals surface area contributed by atoms with Gasteiger partial charge in [0.25, 0.3) is 11.8 Å². The molecule has 1 aliphatic heterocycles. The molecule has 4 rings (SSSR count). The third-order valence-corrected chi connectivity index (χ3v) is 5.68. The van der Waals surface area contributed by atoms with E-state index in [0.717, 1.165) is 22.1 Å². The summed E-state index contributed by atoms with van der Waals surface area (Å²) < 4.78 is 1.99. The van der Waals surface area contributed by atoms with Crippen LogP contribution in [0.15, 0.2) is 66.3 Å². The number of carbonyl (C=O) groups excluding carboxylic acids is 2. The van der Waals surface area contributed by atoms with Crippen LogP contribution in [0.4, 0.5) is 0 Å². The molecule has 7 heteroatoms. The maximum absolute atomic E-state index is 12.5. The average Bonchev–Trinajstić information content (AvgIpc) is 3.23. The number of imide groups is 1. The summed E-state index contributed by atoms with van der Waals surface area (Å²) in [6.45, 7) is 6.76. The van der Waals surface area contributed by atoms with E-state index in [-0.39, 0.29) is 11.8 Å². The second-order valence-corrected chi connectivity index (χ2v) is 7.79. The maximum Gasteiger partial charge on any atom is 0.261 e. The van der Waals surface area contributed by atoms with E-state index in [4.69, 9.17) is 0 Å². The Morgan fingerprint density at radius 1 is 1.03 bits per heavy atom. The Labute approximate surface area is 173 Å². The van der Waals surface area contributed by atoms with E-state index in [1.165, 1.54) is 16.7 Å². The molecule has 0 atom stereocenters. The Bertz CT molecular complexity index is 1070. The second-order valence-electron chi connectivity index (χ2n) is 6.73. The molecule has 0 fully saturated rings. The topological polar surface area (TPSA) is 68.1 Å². The molecule has 0 N–H and O–H groups in total. The standard InChI is InChI=1S/C22H20N4O2S/c1-3-11-25-19(16-8-6-7-15(2)14-16)23-24-22(25)29-13-12-26-20(27)17-9-4-5-10-18(17)21(26)28/h3-10,14H,1,11-13H2,2H3. The molecule has 0 saturated carbocycles. The number of amides is 2. The van der Waals surface area contributed by atoms with Crippen molar-refractivity contribution in [3.63, 3.8) is 0 Å². The van der Waals surface area contributed by atoms with Crippen LogP contribution in [0.3, 0.4) is 0 Å². The monoisotopic (exact) mass is 404 g/mol. The number of allylic oxidation sites excluding steroid dienone is 1. The van der Waals surface area contributed by atoms with Gasteiger partial charge in [0.15, 0.2) is 11.0 Å². The van der Waals surface area contributed by atoms with Crippen LogP contribution in [-0.2, 0) is 6.54 Å². The van der Waals surface area contributed by atoms with Gasteiger partial charge in [-0.1, -0.05) is 53.7 Å². The molecule has 2 amide bonds. The Morgan fingerprint density at radius 2 is 1.76 bits per heavy atom. The van der Waals surface area contributed by atoms with Crippen LogP contribution < -0.4 is 0 Å². The van der Waals surface area contributed by atoms with Gasteiger partial charge in [0.2, 0.25) is 0 Å². The fourth-order valence-electron chi connectivity index (χ4n) is 3.36. The molecule has 1 aliphatic rings. The van der Waals surface area contributed by atoms with Crippen LogP contribution in [-0.4, -0.2) is 43.8 Å². The first-order valence-corrected chi connectivity index (χ1v) is 10.3. The van der Waals surface area contributed by atoms with Gasteiger partial charge >= 0.3 is 0 Å². The van der Waals surface area contributed by atoms with Gasteiger partial charge in [0.1, 0.15) is 0 Å². The summed E-state index contributed by atoms with van der Waals surface area (Å²) in [7, 11) is 0. The number of fused-ring (bicyclic) bond motifs is 1. The Balaban J connectivity index is 1.49. The number of nitrogens with zero attached hydrogens (tertiary/aromatic N) is 4. The van der Waals surface area contributed by atoms with E-state index in [2.05, 4.69) is 22.8 Å². The zero-order valence-corrected chi connectivity index (χ0v) is 16.9. The molecule has 0 spiro atoms. The molecule has 0 radical (unpaired) electrons. The number of thioether (sulfide) groups is 1. The van der Waals surface area contributed by atoms with Crippen LogP contribution in [0.5, 0.6) is 0 Å². The summed E-state index contributed by atoms with van der Waals surface area (Å²) >= 11 is 1.47. The number of benzene rings is 2. The van der Waals surface area contributed by atoms with E-state index in [1.54, 1.807) is 30.3 Å². The normalized spacial score (nSPS) is 13.1. The van der Waals surface area contributed by atoms with Crippen LogP contribution in [0, 0.1) is 6.92 Å². The summed E-state index contributed by atoms with van der Waals surface area (Å²) in [6.07, 6.45) is 1.80. The van der Waals surface area contributed by atoms with Gasteiger partial charge in [0, 0.05) is 24.4 Å². The molecule has 0 bridgehead atoms. The molecule has 29 heavy (non-hydrogen) atoms. The zero-order chi connectivity index (χ0) is 20.4. The van der Waals surface area contributed by atoms with Gasteiger partial charge in [-0.2, -0.15) is 0 Å². The van der Waals surface area contributed by atoms with Crippen molar-refractivity contribution in [3.8, 4) is 11.4 Å².